The van der Waals surface area contributed by atoms with Gasteiger partial charge < -0.3 is 5.32 Å². The summed E-state index contributed by atoms with van der Waals surface area (Å²) in [6.07, 6.45) is 7.39. The second kappa shape index (κ2) is 6.68. The van der Waals surface area contributed by atoms with Gasteiger partial charge in [-0.25, -0.2) is 9.97 Å². The second-order valence-electron chi connectivity index (χ2n) is 4.95. The van der Waals surface area contributed by atoms with Crippen LogP contribution < -0.4 is 5.32 Å². The van der Waals surface area contributed by atoms with Crippen molar-refractivity contribution in [1.29, 1.82) is 0 Å². The SMILES string of the molecule is CCCc1nc(C2CCCC2)nc(NCC)c1I. The molecule has 1 aromatic heterocycles. The summed E-state index contributed by atoms with van der Waals surface area (Å²) in [6.45, 7) is 5.25. The van der Waals surface area contributed by atoms with E-state index < -0.39 is 0 Å². The second-order valence-corrected chi connectivity index (χ2v) is 6.03. The van der Waals surface area contributed by atoms with E-state index in [-0.39, 0.29) is 0 Å². The average molecular weight is 359 g/mol. The molecule has 0 saturated heterocycles. The number of nitrogens with one attached hydrogen (secondary N) is 1. The Morgan fingerprint density at radius 3 is 2.56 bits per heavy atom. The van der Waals surface area contributed by atoms with Gasteiger partial charge in [0.2, 0.25) is 0 Å². The number of nitrogens with zero attached hydrogens (tertiary/aromatic N) is 2. The maximum Gasteiger partial charge on any atom is 0.143 e. The largest absolute Gasteiger partial charge is 0.369 e. The summed E-state index contributed by atoms with van der Waals surface area (Å²) in [5.41, 5.74) is 1.23. The topological polar surface area (TPSA) is 37.8 Å². The van der Waals surface area contributed by atoms with Gasteiger partial charge in [-0.1, -0.05) is 26.2 Å². The first-order valence-corrected chi connectivity index (χ1v) is 8.14. The third-order valence-electron chi connectivity index (χ3n) is 3.49. The van der Waals surface area contributed by atoms with Crippen molar-refractivity contribution in [2.75, 3.05) is 11.9 Å². The van der Waals surface area contributed by atoms with Crippen LogP contribution in [-0.4, -0.2) is 16.5 Å². The summed E-state index contributed by atoms with van der Waals surface area (Å²) in [5.74, 6) is 2.71. The van der Waals surface area contributed by atoms with E-state index in [2.05, 4.69) is 41.8 Å². The van der Waals surface area contributed by atoms with Crippen molar-refractivity contribution < 1.29 is 0 Å². The molecule has 1 aliphatic carbocycles. The summed E-state index contributed by atoms with van der Waals surface area (Å²) in [4.78, 5) is 9.59. The number of hydrogen-bond donors (Lipinski definition) is 1. The van der Waals surface area contributed by atoms with Gasteiger partial charge in [0.15, 0.2) is 0 Å². The molecule has 0 radical (unpaired) electrons. The predicted octanol–water partition coefficient (Wildman–Crippen LogP) is 4.12. The van der Waals surface area contributed by atoms with Gasteiger partial charge in [0, 0.05) is 12.5 Å². The van der Waals surface area contributed by atoms with Gasteiger partial charge in [-0.2, -0.15) is 0 Å². The lowest BCUT2D eigenvalue weighted by Crippen LogP contribution is -2.11. The fourth-order valence-electron chi connectivity index (χ4n) is 2.57. The van der Waals surface area contributed by atoms with E-state index in [1.807, 2.05) is 0 Å². The average Bonchev–Trinajstić information content (AvgIpc) is 2.88. The predicted molar refractivity (Wildman–Crippen MR) is 84.1 cm³/mol. The Kier molecular flexibility index (Phi) is 5.21. The van der Waals surface area contributed by atoms with E-state index in [9.17, 15) is 0 Å². The lowest BCUT2D eigenvalue weighted by Gasteiger charge is -2.15. The molecule has 100 valence electrons. The Balaban J connectivity index is 2.33. The molecule has 1 aliphatic rings. The number of rotatable bonds is 5. The lowest BCUT2D eigenvalue weighted by atomic mass is 10.1. The molecule has 0 unspecified atom stereocenters. The van der Waals surface area contributed by atoms with Crippen LogP contribution >= 0.6 is 22.6 Å². The minimum atomic E-state index is 0.593. The number of hydrogen-bond acceptors (Lipinski definition) is 3. The molecule has 1 aromatic rings. The molecule has 0 aromatic carbocycles. The van der Waals surface area contributed by atoms with Crippen LogP contribution in [0, 0.1) is 3.57 Å². The third kappa shape index (κ3) is 3.13. The Hall–Kier alpha value is -0.390. The first-order chi connectivity index (χ1) is 8.76. The van der Waals surface area contributed by atoms with Crippen LogP contribution in [-0.2, 0) is 6.42 Å². The van der Waals surface area contributed by atoms with E-state index in [0.717, 1.165) is 31.0 Å². The minimum absolute atomic E-state index is 0.593. The van der Waals surface area contributed by atoms with Crippen LogP contribution in [0.5, 0.6) is 0 Å². The maximum absolute atomic E-state index is 4.83. The van der Waals surface area contributed by atoms with Gasteiger partial charge in [-0.15, -0.1) is 0 Å². The van der Waals surface area contributed by atoms with Gasteiger partial charge in [0.05, 0.1) is 9.26 Å². The Morgan fingerprint density at radius 2 is 1.94 bits per heavy atom. The fraction of sp³-hybridized carbons (Fsp3) is 0.714. The summed E-state index contributed by atoms with van der Waals surface area (Å²) in [7, 11) is 0. The first kappa shape index (κ1) is 14.0. The van der Waals surface area contributed by atoms with Crippen molar-refractivity contribution in [3.63, 3.8) is 0 Å². The van der Waals surface area contributed by atoms with Gasteiger partial charge in [-0.3, -0.25) is 0 Å². The van der Waals surface area contributed by atoms with Crippen molar-refractivity contribution >= 4 is 28.4 Å². The molecule has 1 fully saturated rings. The van der Waals surface area contributed by atoms with Crippen molar-refractivity contribution in [1.82, 2.24) is 9.97 Å². The number of aryl methyl sites for hydroxylation is 1. The quantitative estimate of drug-likeness (QED) is 0.804. The summed E-state index contributed by atoms with van der Waals surface area (Å²) >= 11 is 2.38. The molecule has 0 amide bonds. The highest BCUT2D eigenvalue weighted by atomic mass is 127. The van der Waals surface area contributed by atoms with Gasteiger partial charge in [0.1, 0.15) is 11.6 Å². The highest BCUT2D eigenvalue weighted by Gasteiger charge is 2.22. The van der Waals surface area contributed by atoms with Crippen molar-refractivity contribution in [2.45, 2.75) is 58.3 Å². The molecule has 1 saturated carbocycles. The monoisotopic (exact) mass is 359 g/mol. The van der Waals surface area contributed by atoms with Gasteiger partial charge in [-0.05, 0) is 48.8 Å². The first-order valence-electron chi connectivity index (χ1n) is 7.06. The molecule has 3 nitrogen and oxygen atoms in total. The standard InChI is InChI=1S/C14H22IN3/c1-3-7-11-12(15)14(16-4-2)18-13(17-11)10-8-5-6-9-10/h10H,3-9H2,1-2H3,(H,16,17,18). The van der Waals surface area contributed by atoms with Crippen molar-refractivity contribution in [3.05, 3.63) is 15.1 Å². The van der Waals surface area contributed by atoms with Gasteiger partial charge >= 0.3 is 0 Å². The normalized spacial score (nSPS) is 16.2. The molecular weight excluding hydrogens is 337 g/mol. The third-order valence-corrected chi connectivity index (χ3v) is 4.62. The van der Waals surface area contributed by atoms with E-state index in [1.165, 1.54) is 34.9 Å². The number of halogens is 1. The molecule has 1 N–H and O–H groups in total. The Morgan fingerprint density at radius 1 is 1.22 bits per heavy atom. The molecule has 0 bridgehead atoms. The Bertz CT molecular complexity index is 373. The molecular formula is C14H22IN3. The van der Waals surface area contributed by atoms with E-state index in [0.29, 0.717) is 5.92 Å². The van der Waals surface area contributed by atoms with Crippen molar-refractivity contribution in [2.24, 2.45) is 0 Å². The lowest BCUT2D eigenvalue weighted by molar-refractivity contribution is 0.657. The fourth-order valence-corrected chi connectivity index (χ4v) is 3.27. The van der Waals surface area contributed by atoms with Gasteiger partial charge in [0.25, 0.3) is 0 Å². The molecule has 4 heteroatoms. The van der Waals surface area contributed by atoms with Crippen molar-refractivity contribution in [3.8, 4) is 0 Å². The number of anilines is 1. The smallest absolute Gasteiger partial charge is 0.143 e. The summed E-state index contributed by atoms with van der Waals surface area (Å²) in [5, 5.41) is 3.38. The highest BCUT2D eigenvalue weighted by molar-refractivity contribution is 14.1. The van der Waals surface area contributed by atoms with E-state index in [1.54, 1.807) is 0 Å². The summed E-state index contributed by atoms with van der Waals surface area (Å²) < 4.78 is 1.21. The van der Waals surface area contributed by atoms with E-state index in [4.69, 9.17) is 9.97 Å². The molecule has 0 spiro atoms. The molecule has 1 heterocycles. The van der Waals surface area contributed by atoms with Crippen LogP contribution in [0.25, 0.3) is 0 Å². The zero-order valence-corrected chi connectivity index (χ0v) is 13.5. The number of aromatic nitrogens is 2. The molecule has 0 aliphatic heterocycles. The van der Waals surface area contributed by atoms with Crippen LogP contribution in [0.3, 0.4) is 0 Å². The zero-order valence-electron chi connectivity index (χ0n) is 11.3. The Labute approximate surface area is 123 Å². The van der Waals surface area contributed by atoms with Crippen LogP contribution in [0.15, 0.2) is 0 Å². The maximum atomic E-state index is 4.83. The summed E-state index contributed by atoms with van der Waals surface area (Å²) in [6, 6.07) is 0. The van der Waals surface area contributed by atoms with Crippen LogP contribution in [0.2, 0.25) is 0 Å². The minimum Gasteiger partial charge on any atom is -0.369 e. The van der Waals surface area contributed by atoms with Crippen LogP contribution in [0.4, 0.5) is 5.82 Å². The molecule has 0 atom stereocenters. The van der Waals surface area contributed by atoms with Crippen LogP contribution in [0.1, 0.15) is 63.4 Å². The highest BCUT2D eigenvalue weighted by Crippen LogP contribution is 2.33. The molecule has 2 rings (SSSR count). The zero-order chi connectivity index (χ0) is 13.0. The molecule has 18 heavy (non-hydrogen) atoms. The van der Waals surface area contributed by atoms with E-state index >= 15 is 0 Å².